The minimum Gasteiger partial charge on any atom is -0.324 e. The van der Waals surface area contributed by atoms with Crippen LogP contribution in [-0.4, -0.2) is 45.0 Å². The molecule has 1 atom stereocenters. The highest BCUT2D eigenvalue weighted by Gasteiger charge is 2.49. The summed E-state index contributed by atoms with van der Waals surface area (Å²) in [7, 11) is 1.81. The first-order valence-electron chi connectivity index (χ1n) is 8.01. The summed E-state index contributed by atoms with van der Waals surface area (Å²) in [5, 5.41) is 6.87. The molecule has 0 unspecified atom stereocenters. The van der Waals surface area contributed by atoms with Gasteiger partial charge in [0.1, 0.15) is 6.04 Å². The van der Waals surface area contributed by atoms with Crippen LogP contribution in [0.1, 0.15) is 6.42 Å². The maximum absolute atomic E-state index is 13.7. The first kappa shape index (κ1) is 17.8. The van der Waals surface area contributed by atoms with E-state index in [1.54, 1.807) is 28.9 Å². The third-order valence-electron chi connectivity index (χ3n) is 4.19. The summed E-state index contributed by atoms with van der Waals surface area (Å²) < 4.78 is 29.0. The van der Waals surface area contributed by atoms with E-state index in [4.69, 9.17) is 0 Å². The van der Waals surface area contributed by atoms with Crippen molar-refractivity contribution in [3.05, 3.63) is 49.2 Å². The number of halogens is 2. The van der Waals surface area contributed by atoms with E-state index in [1.165, 1.54) is 0 Å². The van der Waals surface area contributed by atoms with Crippen LogP contribution in [0, 0.1) is 0 Å². The van der Waals surface area contributed by atoms with E-state index < -0.39 is 36.7 Å². The van der Waals surface area contributed by atoms with E-state index in [0.717, 1.165) is 22.2 Å². The van der Waals surface area contributed by atoms with Crippen LogP contribution in [0.4, 0.5) is 14.5 Å². The molecule has 1 aliphatic heterocycles. The lowest BCUT2D eigenvalue weighted by Gasteiger charge is -2.21. The van der Waals surface area contributed by atoms with E-state index in [1.807, 2.05) is 19.3 Å². The highest BCUT2D eigenvalue weighted by molar-refractivity contribution is 5.99. The van der Waals surface area contributed by atoms with Gasteiger partial charge < -0.3 is 10.2 Å². The predicted molar refractivity (Wildman–Crippen MR) is 92.5 cm³/mol. The maximum Gasteiger partial charge on any atom is 0.267 e. The van der Waals surface area contributed by atoms with Crippen molar-refractivity contribution in [1.82, 2.24) is 14.7 Å². The van der Waals surface area contributed by atoms with E-state index >= 15 is 0 Å². The Balaban J connectivity index is 1.72. The minimum atomic E-state index is -3.09. The van der Waals surface area contributed by atoms with Crippen LogP contribution in [0.15, 0.2) is 49.2 Å². The number of carbonyl (C=O) groups is 2. The number of hydrogen-bond acceptors (Lipinski definition) is 3. The van der Waals surface area contributed by atoms with Crippen molar-refractivity contribution in [2.75, 3.05) is 11.9 Å². The van der Waals surface area contributed by atoms with Crippen molar-refractivity contribution >= 4 is 17.5 Å². The Morgan fingerprint density at radius 2 is 2.00 bits per heavy atom. The highest BCUT2D eigenvalue weighted by Crippen LogP contribution is 2.33. The van der Waals surface area contributed by atoms with E-state index in [0.29, 0.717) is 5.69 Å². The van der Waals surface area contributed by atoms with Gasteiger partial charge in [-0.05, 0) is 24.3 Å². The zero-order chi connectivity index (χ0) is 18.9. The monoisotopic (exact) mass is 360 g/mol. The Labute approximate surface area is 149 Å². The number of aryl methyl sites for hydroxylation is 1. The summed E-state index contributed by atoms with van der Waals surface area (Å²) in [6.45, 7) is 2.51. The Kier molecular flexibility index (Phi) is 4.58. The average molecular weight is 360 g/mol. The summed E-state index contributed by atoms with van der Waals surface area (Å²) >= 11 is 0. The van der Waals surface area contributed by atoms with Crippen LogP contribution < -0.4 is 5.32 Å². The number of nitrogens with zero attached hydrogens (tertiary/aromatic N) is 3. The third-order valence-corrected chi connectivity index (χ3v) is 4.19. The quantitative estimate of drug-likeness (QED) is 0.852. The van der Waals surface area contributed by atoms with E-state index in [-0.39, 0.29) is 0 Å². The molecule has 8 heteroatoms. The molecule has 1 aromatic carbocycles. The van der Waals surface area contributed by atoms with Crippen molar-refractivity contribution in [1.29, 1.82) is 0 Å². The molecule has 0 bridgehead atoms. The predicted octanol–water partition coefficient (Wildman–Crippen LogP) is 2.45. The number of benzene rings is 1. The molecule has 3 rings (SSSR count). The van der Waals surface area contributed by atoms with Crippen LogP contribution >= 0.6 is 0 Å². The number of anilines is 1. The van der Waals surface area contributed by atoms with Gasteiger partial charge in [-0.1, -0.05) is 18.7 Å². The van der Waals surface area contributed by atoms with Crippen molar-refractivity contribution in [2.24, 2.45) is 7.05 Å². The second-order valence-electron chi connectivity index (χ2n) is 6.19. The van der Waals surface area contributed by atoms with Crippen LogP contribution in [0.5, 0.6) is 0 Å². The highest BCUT2D eigenvalue weighted by atomic mass is 19.3. The first-order chi connectivity index (χ1) is 12.3. The minimum absolute atomic E-state index is 0.455. The number of aromatic nitrogens is 2. The van der Waals surface area contributed by atoms with Gasteiger partial charge >= 0.3 is 0 Å². The lowest BCUT2D eigenvalue weighted by Crippen LogP contribution is -2.42. The number of carbonyl (C=O) groups excluding carboxylic acids is 2. The van der Waals surface area contributed by atoms with Crippen LogP contribution in [0.25, 0.3) is 11.3 Å². The fourth-order valence-electron chi connectivity index (χ4n) is 2.92. The van der Waals surface area contributed by atoms with Crippen LogP contribution in [-0.2, 0) is 16.6 Å². The van der Waals surface area contributed by atoms with E-state index in [9.17, 15) is 18.4 Å². The van der Waals surface area contributed by atoms with Crippen molar-refractivity contribution in [3.63, 3.8) is 0 Å². The van der Waals surface area contributed by atoms with Gasteiger partial charge in [0.05, 0.1) is 12.2 Å². The fraction of sp³-hybridized carbons (Fsp3) is 0.278. The Hall–Kier alpha value is -3.03. The molecule has 1 aliphatic rings. The molecule has 2 amide bonds. The Morgan fingerprint density at radius 1 is 1.31 bits per heavy atom. The van der Waals surface area contributed by atoms with Gasteiger partial charge in [0.25, 0.3) is 5.92 Å². The standard InChI is InChI=1S/C18H18F2N4O2/c1-3-16(25)24-11-18(19,20)10-15(24)17(26)21-13-6-4-12(5-7-13)14-8-9-23(2)22-14/h3-9,15H,1,10-11H2,2H3,(H,21,26)/t15-/m1/s1. The fourth-order valence-corrected chi connectivity index (χ4v) is 2.92. The van der Waals surface area contributed by atoms with Crippen molar-refractivity contribution < 1.29 is 18.4 Å². The van der Waals surface area contributed by atoms with Gasteiger partial charge in [0.15, 0.2) is 0 Å². The molecule has 26 heavy (non-hydrogen) atoms. The van der Waals surface area contributed by atoms with Crippen molar-refractivity contribution in [3.8, 4) is 11.3 Å². The molecule has 6 nitrogen and oxygen atoms in total. The zero-order valence-corrected chi connectivity index (χ0v) is 14.2. The third kappa shape index (κ3) is 3.63. The molecule has 1 aromatic heterocycles. The molecule has 1 saturated heterocycles. The second-order valence-corrected chi connectivity index (χ2v) is 6.19. The van der Waals surface area contributed by atoms with Crippen molar-refractivity contribution in [2.45, 2.75) is 18.4 Å². The van der Waals surface area contributed by atoms with Gasteiger partial charge in [0, 0.05) is 30.9 Å². The summed E-state index contributed by atoms with van der Waals surface area (Å²) in [4.78, 5) is 25.0. The molecule has 2 heterocycles. The van der Waals surface area contributed by atoms with Gasteiger partial charge in [-0.15, -0.1) is 0 Å². The number of alkyl halides is 2. The molecular weight excluding hydrogens is 342 g/mol. The summed E-state index contributed by atoms with van der Waals surface area (Å²) in [6, 6.07) is 7.49. The number of hydrogen-bond donors (Lipinski definition) is 1. The average Bonchev–Trinajstić information content (AvgIpc) is 3.17. The number of amides is 2. The molecule has 136 valence electrons. The summed E-state index contributed by atoms with van der Waals surface area (Å²) in [6.07, 6.45) is 2.05. The van der Waals surface area contributed by atoms with Gasteiger partial charge in [-0.25, -0.2) is 8.78 Å². The zero-order valence-electron chi connectivity index (χ0n) is 14.2. The van der Waals surface area contributed by atoms with Gasteiger partial charge in [-0.2, -0.15) is 5.10 Å². The number of likely N-dealkylation sites (tertiary alicyclic amines) is 1. The van der Waals surface area contributed by atoms with Crippen LogP contribution in [0.3, 0.4) is 0 Å². The molecule has 0 radical (unpaired) electrons. The largest absolute Gasteiger partial charge is 0.324 e. The lowest BCUT2D eigenvalue weighted by molar-refractivity contribution is -0.133. The Bertz CT molecular complexity index is 845. The van der Waals surface area contributed by atoms with E-state index in [2.05, 4.69) is 17.0 Å². The molecule has 0 spiro atoms. The number of rotatable bonds is 4. The lowest BCUT2D eigenvalue weighted by atomic mass is 10.1. The first-order valence-corrected chi connectivity index (χ1v) is 8.01. The summed E-state index contributed by atoms with van der Waals surface area (Å²) in [5.41, 5.74) is 2.10. The van der Waals surface area contributed by atoms with Gasteiger partial charge in [0.2, 0.25) is 11.8 Å². The molecule has 1 fully saturated rings. The normalized spacial score (nSPS) is 18.6. The SMILES string of the molecule is C=CC(=O)N1CC(F)(F)C[C@@H]1C(=O)Nc1ccc(-c2ccn(C)n2)cc1. The molecule has 0 saturated carbocycles. The Morgan fingerprint density at radius 3 is 2.58 bits per heavy atom. The smallest absolute Gasteiger partial charge is 0.267 e. The summed E-state index contributed by atoms with van der Waals surface area (Å²) in [5.74, 6) is -4.43. The molecule has 0 aliphatic carbocycles. The maximum atomic E-state index is 13.7. The number of nitrogens with one attached hydrogen (secondary N) is 1. The van der Waals surface area contributed by atoms with Crippen LogP contribution in [0.2, 0.25) is 0 Å². The molecular formula is C18H18F2N4O2. The topological polar surface area (TPSA) is 67.2 Å². The molecule has 1 N–H and O–H groups in total. The second kappa shape index (κ2) is 6.70. The molecule has 2 aromatic rings. The van der Waals surface area contributed by atoms with Gasteiger partial charge in [-0.3, -0.25) is 14.3 Å².